The Kier molecular flexibility index (Phi) is 4.25. The second-order valence-corrected chi connectivity index (χ2v) is 9.61. The number of hydrogen-bond acceptors (Lipinski definition) is 6. The minimum Gasteiger partial charge on any atom is -0.454 e. The van der Waals surface area contributed by atoms with Crippen LogP contribution < -0.4 is 19.7 Å². The molecule has 0 aliphatic carbocycles. The number of amides is 1. The highest BCUT2D eigenvalue weighted by atomic mass is 16.7. The van der Waals surface area contributed by atoms with Crippen LogP contribution in [0.25, 0.3) is 6.08 Å². The van der Waals surface area contributed by atoms with Crippen molar-refractivity contribution >= 4 is 34.9 Å². The topological polar surface area (TPSA) is 84.9 Å². The van der Waals surface area contributed by atoms with Gasteiger partial charge in [0.05, 0.1) is 12.0 Å². The zero-order valence-corrected chi connectivity index (χ0v) is 19.4. The monoisotopic (exact) mass is 478 g/mol. The summed E-state index contributed by atoms with van der Waals surface area (Å²) in [6.45, 7) is 1.60. The lowest BCUT2D eigenvalue weighted by Crippen LogP contribution is -2.54. The van der Waals surface area contributed by atoms with Crippen LogP contribution in [0.3, 0.4) is 0 Å². The van der Waals surface area contributed by atoms with Crippen LogP contribution in [0.1, 0.15) is 28.4 Å². The second kappa shape index (κ2) is 7.31. The van der Waals surface area contributed by atoms with Crippen LogP contribution in [-0.4, -0.2) is 36.4 Å². The van der Waals surface area contributed by atoms with Crippen molar-refractivity contribution in [1.82, 2.24) is 0 Å². The van der Waals surface area contributed by atoms with Gasteiger partial charge in [0.25, 0.3) is 0 Å². The van der Waals surface area contributed by atoms with Gasteiger partial charge >= 0.3 is 0 Å². The summed E-state index contributed by atoms with van der Waals surface area (Å²) >= 11 is 0. The van der Waals surface area contributed by atoms with Crippen LogP contribution in [0.2, 0.25) is 0 Å². The zero-order chi connectivity index (χ0) is 24.6. The minimum atomic E-state index is -1.40. The molecular formula is C29H22N2O5. The maximum Gasteiger partial charge on any atom is 0.238 e. The molecule has 0 saturated carbocycles. The van der Waals surface area contributed by atoms with Crippen molar-refractivity contribution in [3.8, 4) is 11.5 Å². The number of carbonyl (C=O) groups excluding carboxylic acids is 3. The maximum atomic E-state index is 14.5. The van der Waals surface area contributed by atoms with E-state index in [1.165, 1.54) is 6.92 Å². The van der Waals surface area contributed by atoms with Gasteiger partial charge in [-0.1, -0.05) is 48.6 Å². The number of Topliss-reactive ketones (excluding diaryl/α,β-unsaturated/α-hetero) is 2. The van der Waals surface area contributed by atoms with Crippen molar-refractivity contribution in [2.45, 2.75) is 24.4 Å². The van der Waals surface area contributed by atoms with E-state index >= 15 is 0 Å². The highest BCUT2D eigenvalue weighted by Crippen LogP contribution is 2.57. The fourth-order valence-corrected chi connectivity index (χ4v) is 6.55. The van der Waals surface area contributed by atoms with Gasteiger partial charge in [-0.3, -0.25) is 14.4 Å². The Morgan fingerprint density at radius 3 is 2.64 bits per heavy atom. The maximum absolute atomic E-state index is 14.5. The zero-order valence-electron chi connectivity index (χ0n) is 19.4. The Hall–Kier alpha value is -4.39. The SMILES string of the molecule is CC(=O)[C@@H]1N2c3ccccc3C=CC2[C@H](C(=O)c2ccc3c(c2)OCO3)[C@]12C(=O)Nc1ccccc12. The number of fused-ring (bicyclic) bond motifs is 6. The van der Waals surface area contributed by atoms with Gasteiger partial charge in [-0.05, 0) is 48.4 Å². The molecule has 36 heavy (non-hydrogen) atoms. The van der Waals surface area contributed by atoms with E-state index in [9.17, 15) is 14.4 Å². The third-order valence-electron chi connectivity index (χ3n) is 7.87. The van der Waals surface area contributed by atoms with Crippen molar-refractivity contribution in [3.63, 3.8) is 0 Å². The fraction of sp³-hybridized carbons (Fsp3) is 0.207. The number of anilines is 2. The van der Waals surface area contributed by atoms with E-state index in [-0.39, 0.29) is 24.3 Å². The first-order valence-corrected chi connectivity index (χ1v) is 11.9. The van der Waals surface area contributed by atoms with Crippen molar-refractivity contribution < 1.29 is 23.9 Å². The Balaban J connectivity index is 1.50. The van der Waals surface area contributed by atoms with Crippen molar-refractivity contribution in [1.29, 1.82) is 0 Å². The van der Waals surface area contributed by atoms with Gasteiger partial charge in [0.15, 0.2) is 23.1 Å². The molecule has 1 spiro atoms. The molecule has 178 valence electrons. The van der Waals surface area contributed by atoms with Crippen molar-refractivity contribution in [3.05, 3.63) is 89.5 Å². The first-order chi connectivity index (χ1) is 17.5. The molecule has 1 N–H and O–H groups in total. The van der Waals surface area contributed by atoms with Crippen LogP contribution in [0.4, 0.5) is 11.4 Å². The average Bonchev–Trinajstić information content (AvgIpc) is 3.56. The number of carbonyl (C=O) groups is 3. The van der Waals surface area contributed by atoms with E-state index in [0.717, 1.165) is 11.3 Å². The summed E-state index contributed by atoms with van der Waals surface area (Å²) in [5, 5.41) is 2.99. The van der Waals surface area contributed by atoms with Crippen LogP contribution >= 0.6 is 0 Å². The molecule has 3 aromatic rings. The molecule has 7 heteroatoms. The van der Waals surface area contributed by atoms with Gasteiger partial charge in [-0.15, -0.1) is 0 Å². The summed E-state index contributed by atoms with van der Waals surface area (Å²) < 4.78 is 11.0. The minimum absolute atomic E-state index is 0.0957. The molecule has 1 amide bonds. The van der Waals surface area contributed by atoms with E-state index in [4.69, 9.17) is 9.47 Å². The number of ketones is 2. The normalized spacial score (nSPS) is 26.4. The van der Waals surface area contributed by atoms with Gasteiger partial charge in [0.1, 0.15) is 11.5 Å². The summed E-state index contributed by atoms with van der Waals surface area (Å²) in [5.41, 5.74) is 2.10. The van der Waals surface area contributed by atoms with Gasteiger partial charge in [-0.25, -0.2) is 0 Å². The number of nitrogens with one attached hydrogen (secondary N) is 1. The van der Waals surface area contributed by atoms with Gasteiger partial charge in [0.2, 0.25) is 12.7 Å². The summed E-state index contributed by atoms with van der Waals surface area (Å²) in [4.78, 5) is 44.0. The molecule has 3 aromatic carbocycles. The molecule has 4 heterocycles. The molecule has 0 aromatic heterocycles. The highest BCUT2D eigenvalue weighted by molar-refractivity contribution is 6.17. The molecule has 4 atom stereocenters. The number of hydrogen-bond donors (Lipinski definition) is 1. The van der Waals surface area contributed by atoms with Gasteiger partial charge in [-0.2, -0.15) is 0 Å². The molecule has 7 nitrogen and oxygen atoms in total. The Morgan fingerprint density at radius 1 is 1.00 bits per heavy atom. The molecule has 0 bridgehead atoms. The summed E-state index contributed by atoms with van der Waals surface area (Å²) in [7, 11) is 0. The summed E-state index contributed by atoms with van der Waals surface area (Å²) in [5.74, 6) is -0.496. The Morgan fingerprint density at radius 2 is 1.78 bits per heavy atom. The lowest BCUT2D eigenvalue weighted by Gasteiger charge is -2.36. The van der Waals surface area contributed by atoms with Crippen molar-refractivity contribution in [2.24, 2.45) is 5.92 Å². The van der Waals surface area contributed by atoms with Crippen LogP contribution in [0.15, 0.2) is 72.8 Å². The lowest BCUT2D eigenvalue weighted by atomic mass is 9.64. The molecule has 1 saturated heterocycles. The summed E-state index contributed by atoms with van der Waals surface area (Å²) in [6, 6.07) is 18.9. The largest absolute Gasteiger partial charge is 0.454 e. The number of rotatable bonds is 3. The Labute approximate surface area is 207 Å². The highest BCUT2D eigenvalue weighted by Gasteiger charge is 2.70. The molecule has 1 fully saturated rings. The van der Waals surface area contributed by atoms with E-state index in [1.807, 2.05) is 65.6 Å². The first-order valence-electron chi connectivity index (χ1n) is 11.9. The van der Waals surface area contributed by atoms with E-state index < -0.39 is 23.4 Å². The molecule has 4 aliphatic heterocycles. The van der Waals surface area contributed by atoms with Crippen molar-refractivity contribution in [2.75, 3.05) is 17.0 Å². The Bertz CT molecular complexity index is 1510. The number of benzene rings is 3. The van der Waals surface area contributed by atoms with Crippen LogP contribution in [0, 0.1) is 5.92 Å². The number of ether oxygens (including phenoxy) is 2. The van der Waals surface area contributed by atoms with E-state index in [1.54, 1.807) is 18.2 Å². The van der Waals surface area contributed by atoms with E-state index in [2.05, 4.69) is 5.32 Å². The average molecular weight is 479 g/mol. The summed E-state index contributed by atoms with van der Waals surface area (Å²) in [6.07, 6.45) is 3.93. The molecule has 0 radical (unpaired) electrons. The number of nitrogens with zero attached hydrogens (tertiary/aromatic N) is 1. The second-order valence-electron chi connectivity index (χ2n) is 9.61. The molecule has 7 rings (SSSR count). The van der Waals surface area contributed by atoms with Gasteiger partial charge in [0, 0.05) is 16.9 Å². The first kappa shape index (κ1) is 20.9. The smallest absolute Gasteiger partial charge is 0.238 e. The lowest BCUT2D eigenvalue weighted by molar-refractivity contribution is -0.127. The number of para-hydroxylation sites is 2. The molecular weight excluding hydrogens is 456 g/mol. The van der Waals surface area contributed by atoms with Crippen LogP contribution in [-0.2, 0) is 15.0 Å². The predicted octanol–water partition coefficient (Wildman–Crippen LogP) is 3.98. The third-order valence-corrected chi connectivity index (χ3v) is 7.87. The predicted molar refractivity (Wildman–Crippen MR) is 133 cm³/mol. The third kappa shape index (κ3) is 2.54. The van der Waals surface area contributed by atoms with E-state index in [0.29, 0.717) is 28.3 Å². The molecule has 4 aliphatic rings. The quantitative estimate of drug-likeness (QED) is 0.574. The van der Waals surface area contributed by atoms with Crippen LogP contribution in [0.5, 0.6) is 11.5 Å². The standard InChI is InChI=1S/C29H22N2O5/c1-16(32)27-29(19-7-3-4-8-20(19)30-28(29)34)25(22-12-10-17-6-2-5-9-21(17)31(22)27)26(33)18-11-13-23-24(14-18)36-15-35-23/h2-14,22,25,27H,15H2,1H3,(H,30,34)/t22?,25-,27+,29+/m1/s1. The molecule has 1 unspecified atom stereocenters. The fourth-order valence-electron chi connectivity index (χ4n) is 6.55. The van der Waals surface area contributed by atoms with Gasteiger partial charge < -0.3 is 19.7 Å².